The number of para-hydroxylation sites is 1. The molecule has 2 aromatic heterocycles. The van der Waals surface area contributed by atoms with Crippen molar-refractivity contribution >= 4 is 22.7 Å². The summed E-state index contributed by atoms with van der Waals surface area (Å²) in [6, 6.07) is 10.4. The second kappa shape index (κ2) is 4.97. The highest BCUT2D eigenvalue weighted by atomic mass is 32.2. The van der Waals surface area contributed by atoms with Gasteiger partial charge in [-0.25, -0.2) is 9.78 Å². The molecule has 0 saturated heterocycles. The first-order valence-electron chi connectivity index (χ1n) is 5.90. The Morgan fingerprint density at radius 2 is 2.00 bits per heavy atom. The number of aromatic amines is 1. The zero-order valence-corrected chi connectivity index (χ0v) is 11.4. The first-order valence-corrected chi connectivity index (χ1v) is 6.72. The largest absolute Gasteiger partial charge is 0.422 e. The van der Waals surface area contributed by atoms with Crippen LogP contribution in [0.15, 0.2) is 60.5 Å². The molecule has 100 valence electrons. The third-order valence-electron chi connectivity index (χ3n) is 2.66. The Hall–Kier alpha value is -2.34. The van der Waals surface area contributed by atoms with Gasteiger partial charge < -0.3 is 9.40 Å². The molecular formula is C14H10N2O3S. The number of fused-ring (bicyclic) bond motifs is 1. The fourth-order valence-electron chi connectivity index (χ4n) is 1.82. The van der Waals surface area contributed by atoms with Crippen LogP contribution in [0.5, 0.6) is 0 Å². The molecule has 1 N–H and O–H groups in total. The van der Waals surface area contributed by atoms with Crippen molar-refractivity contribution in [3.05, 3.63) is 62.9 Å². The van der Waals surface area contributed by atoms with Gasteiger partial charge in [-0.1, -0.05) is 18.2 Å². The zero-order chi connectivity index (χ0) is 14.1. The molecule has 0 bridgehead atoms. The van der Waals surface area contributed by atoms with E-state index in [1.54, 1.807) is 25.1 Å². The van der Waals surface area contributed by atoms with Gasteiger partial charge in [-0.2, -0.15) is 0 Å². The van der Waals surface area contributed by atoms with E-state index in [2.05, 4.69) is 9.97 Å². The summed E-state index contributed by atoms with van der Waals surface area (Å²) in [5.41, 5.74) is 0.442. The van der Waals surface area contributed by atoms with Crippen LogP contribution in [-0.2, 0) is 0 Å². The average Bonchev–Trinajstić information content (AvgIpc) is 2.38. The van der Waals surface area contributed by atoms with E-state index in [1.807, 2.05) is 12.1 Å². The number of nitrogens with one attached hydrogen (secondary N) is 1. The van der Waals surface area contributed by atoms with E-state index in [4.69, 9.17) is 4.42 Å². The summed E-state index contributed by atoms with van der Waals surface area (Å²) in [7, 11) is 0. The highest BCUT2D eigenvalue weighted by Crippen LogP contribution is 2.24. The predicted molar refractivity (Wildman–Crippen MR) is 76.2 cm³/mol. The van der Waals surface area contributed by atoms with Crippen LogP contribution in [0.1, 0.15) is 5.69 Å². The van der Waals surface area contributed by atoms with Gasteiger partial charge in [0, 0.05) is 17.1 Å². The molecule has 0 saturated carbocycles. The monoisotopic (exact) mass is 286 g/mol. The van der Waals surface area contributed by atoms with E-state index in [-0.39, 0.29) is 5.56 Å². The molecule has 2 heterocycles. The first-order chi connectivity index (χ1) is 9.61. The van der Waals surface area contributed by atoms with Crippen molar-refractivity contribution in [3.8, 4) is 0 Å². The third-order valence-corrected chi connectivity index (χ3v) is 3.56. The number of nitrogens with zero attached hydrogens (tertiary/aromatic N) is 1. The van der Waals surface area contributed by atoms with Crippen LogP contribution in [0.2, 0.25) is 0 Å². The highest BCUT2D eigenvalue weighted by Gasteiger charge is 2.09. The van der Waals surface area contributed by atoms with Crippen LogP contribution in [-0.4, -0.2) is 9.97 Å². The van der Waals surface area contributed by atoms with E-state index in [1.165, 1.54) is 6.07 Å². The van der Waals surface area contributed by atoms with Crippen LogP contribution in [0, 0.1) is 6.92 Å². The molecule has 0 fully saturated rings. The minimum Gasteiger partial charge on any atom is -0.422 e. The van der Waals surface area contributed by atoms with Gasteiger partial charge >= 0.3 is 5.63 Å². The van der Waals surface area contributed by atoms with Crippen LogP contribution >= 0.6 is 11.8 Å². The maximum atomic E-state index is 11.9. The lowest BCUT2D eigenvalue weighted by Gasteiger charge is -2.02. The lowest BCUT2D eigenvalue weighted by Crippen LogP contribution is -2.09. The molecule has 0 atom stereocenters. The minimum absolute atomic E-state index is 0.245. The molecule has 0 unspecified atom stereocenters. The first kappa shape index (κ1) is 12.7. The lowest BCUT2D eigenvalue weighted by molar-refractivity contribution is 0.543. The number of benzene rings is 1. The molecule has 3 aromatic rings. The molecule has 5 nitrogen and oxygen atoms in total. The molecule has 3 rings (SSSR count). The fraction of sp³-hybridized carbons (Fsp3) is 0.0714. The molecule has 0 aliphatic rings. The molecule has 0 amide bonds. The van der Waals surface area contributed by atoms with Crippen LogP contribution < -0.4 is 11.2 Å². The normalized spacial score (nSPS) is 10.8. The van der Waals surface area contributed by atoms with E-state index in [9.17, 15) is 9.59 Å². The Morgan fingerprint density at radius 3 is 2.80 bits per heavy atom. The van der Waals surface area contributed by atoms with Crippen molar-refractivity contribution in [1.29, 1.82) is 0 Å². The average molecular weight is 286 g/mol. The quantitative estimate of drug-likeness (QED) is 0.578. The highest BCUT2D eigenvalue weighted by molar-refractivity contribution is 7.99. The van der Waals surface area contributed by atoms with Crippen molar-refractivity contribution in [3.63, 3.8) is 0 Å². The molecule has 0 radical (unpaired) electrons. The molecule has 20 heavy (non-hydrogen) atoms. The smallest absolute Gasteiger partial charge is 0.350 e. The minimum atomic E-state index is -0.446. The summed E-state index contributed by atoms with van der Waals surface area (Å²) >= 11 is 1.08. The molecule has 0 aliphatic carbocycles. The van der Waals surface area contributed by atoms with Gasteiger partial charge in [0.1, 0.15) is 10.5 Å². The van der Waals surface area contributed by atoms with Crippen molar-refractivity contribution in [2.75, 3.05) is 0 Å². The van der Waals surface area contributed by atoms with Gasteiger partial charge in [0.25, 0.3) is 5.56 Å². The Balaban J connectivity index is 2.08. The van der Waals surface area contributed by atoms with Gasteiger partial charge in [-0.05, 0) is 30.8 Å². The van der Waals surface area contributed by atoms with Crippen molar-refractivity contribution in [1.82, 2.24) is 9.97 Å². The maximum Gasteiger partial charge on any atom is 0.350 e. The Bertz CT molecular complexity index is 899. The summed E-state index contributed by atoms with van der Waals surface area (Å²) in [4.78, 5) is 30.4. The molecule has 0 spiro atoms. The third kappa shape index (κ3) is 2.50. The maximum absolute atomic E-state index is 11.9. The lowest BCUT2D eigenvalue weighted by atomic mass is 10.2. The topological polar surface area (TPSA) is 76.0 Å². The van der Waals surface area contributed by atoms with E-state index >= 15 is 0 Å². The van der Waals surface area contributed by atoms with Gasteiger partial charge in [0.05, 0.1) is 0 Å². The fourth-order valence-corrected chi connectivity index (χ4v) is 2.68. The number of aryl methyl sites for hydroxylation is 1. The molecule has 6 heteroatoms. The number of rotatable bonds is 2. The van der Waals surface area contributed by atoms with Crippen LogP contribution in [0.25, 0.3) is 11.0 Å². The second-order valence-electron chi connectivity index (χ2n) is 4.23. The number of aromatic nitrogens is 2. The zero-order valence-electron chi connectivity index (χ0n) is 10.5. The van der Waals surface area contributed by atoms with Gasteiger partial charge in [0.2, 0.25) is 0 Å². The number of H-pyrrole nitrogens is 1. The Morgan fingerprint density at radius 1 is 1.20 bits per heavy atom. The van der Waals surface area contributed by atoms with Gasteiger partial charge in [-0.15, -0.1) is 0 Å². The molecule has 0 aliphatic heterocycles. The van der Waals surface area contributed by atoms with Crippen LogP contribution in [0.4, 0.5) is 0 Å². The van der Waals surface area contributed by atoms with Crippen LogP contribution in [0.3, 0.4) is 0 Å². The van der Waals surface area contributed by atoms with E-state index < -0.39 is 5.63 Å². The summed E-state index contributed by atoms with van der Waals surface area (Å²) in [5.74, 6) is 0. The predicted octanol–water partition coefficient (Wildman–Crippen LogP) is 2.34. The summed E-state index contributed by atoms with van der Waals surface area (Å²) in [5, 5.41) is 1.20. The van der Waals surface area contributed by atoms with Crippen molar-refractivity contribution in [2.45, 2.75) is 17.0 Å². The summed E-state index contributed by atoms with van der Waals surface area (Å²) in [6.07, 6.45) is 0. The van der Waals surface area contributed by atoms with E-state index in [0.717, 1.165) is 17.1 Å². The standard InChI is InChI=1S/C14H10N2O3S/c1-8-6-12(17)16-14(15-8)20-11-7-9-4-2-3-5-10(9)19-13(11)18/h2-7H,1H3,(H,15,16,17). The molecular weight excluding hydrogens is 276 g/mol. The Labute approximate surface area is 117 Å². The molecule has 1 aromatic carbocycles. The number of hydrogen-bond acceptors (Lipinski definition) is 5. The van der Waals surface area contributed by atoms with Crippen molar-refractivity contribution < 1.29 is 4.42 Å². The summed E-state index contributed by atoms with van der Waals surface area (Å²) in [6.45, 7) is 1.72. The second-order valence-corrected chi connectivity index (χ2v) is 5.26. The van der Waals surface area contributed by atoms with Gasteiger partial charge in [-0.3, -0.25) is 4.79 Å². The number of hydrogen-bond donors (Lipinski definition) is 1. The Kier molecular flexibility index (Phi) is 3.15. The van der Waals surface area contributed by atoms with Crippen molar-refractivity contribution in [2.24, 2.45) is 0 Å². The summed E-state index contributed by atoms with van der Waals surface area (Å²) < 4.78 is 5.23. The van der Waals surface area contributed by atoms with E-state index in [0.29, 0.717) is 21.3 Å². The SMILES string of the molecule is Cc1cc(=O)[nH]c(Sc2cc3ccccc3oc2=O)n1. The van der Waals surface area contributed by atoms with Gasteiger partial charge in [0.15, 0.2) is 5.16 Å².